The molecule has 0 radical (unpaired) electrons. The van der Waals surface area contributed by atoms with Gasteiger partial charge in [-0.2, -0.15) is 15.8 Å². The van der Waals surface area contributed by atoms with Gasteiger partial charge in [-0.25, -0.2) is 0 Å². The zero-order chi connectivity index (χ0) is 16.6. The Labute approximate surface area is 133 Å². The van der Waals surface area contributed by atoms with E-state index < -0.39 is 0 Å². The van der Waals surface area contributed by atoms with Crippen molar-refractivity contribution in [2.45, 2.75) is 25.2 Å². The van der Waals surface area contributed by atoms with E-state index in [0.717, 1.165) is 24.1 Å². The van der Waals surface area contributed by atoms with E-state index in [1.165, 1.54) is 6.92 Å². The van der Waals surface area contributed by atoms with Gasteiger partial charge in [0.05, 0.1) is 0 Å². The second-order valence-corrected chi connectivity index (χ2v) is 5.83. The van der Waals surface area contributed by atoms with Gasteiger partial charge in [-0.3, -0.25) is 4.79 Å². The topological polar surface area (TPSA) is 104 Å². The molecular weight excluding hydrogens is 290 g/mol. The van der Waals surface area contributed by atoms with E-state index in [4.69, 9.17) is 15.8 Å². The molecule has 0 aromatic heterocycles. The largest absolute Gasteiger partial charge is 0.345 e. The average Bonchev–Trinajstić information content (AvgIpc) is 3.25. The van der Waals surface area contributed by atoms with E-state index in [1.54, 1.807) is 23.1 Å². The summed E-state index contributed by atoms with van der Waals surface area (Å²) in [5.74, 6) is -0.0158. The Hall–Kier alpha value is -3.30. The Morgan fingerprint density at radius 1 is 1.22 bits per heavy atom. The number of carbonyl (C=O) groups is 1. The maximum atomic E-state index is 11.9. The molecule has 1 aromatic carbocycles. The van der Waals surface area contributed by atoms with Crippen LogP contribution in [0.4, 0.5) is 11.4 Å². The summed E-state index contributed by atoms with van der Waals surface area (Å²) in [6.45, 7) is 2.24. The summed E-state index contributed by atoms with van der Waals surface area (Å²) in [6.07, 6.45) is 2.15. The Morgan fingerprint density at radius 2 is 1.91 bits per heavy atom. The zero-order valence-corrected chi connectivity index (χ0v) is 12.6. The van der Waals surface area contributed by atoms with Gasteiger partial charge in [0.2, 0.25) is 5.91 Å². The second-order valence-electron chi connectivity index (χ2n) is 5.83. The van der Waals surface area contributed by atoms with Crippen LogP contribution in [0.5, 0.6) is 0 Å². The first-order valence-corrected chi connectivity index (χ1v) is 7.19. The number of rotatable bonds is 2. The number of nitriles is 3. The predicted molar refractivity (Wildman–Crippen MR) is 82.9 cm³/mol. The lowest BCUT2D eigenvalue weighted by molar-refractivity contribution is -0.116. The zero-order valence-electron chi connectivity index (χ0n) is 12.6. The van der Waals surface area contributed by atoms with Gasteiger partial charge < -0.3 is 10.2 Å². The van der Waals surface area contributed by atoms with E-state index in [9.17, 15) is 4.79 Å². The van der Waals surface area contributed by atoms with Gasteiger partial charge in [0.25, 0.3) is 0 Å². The number of anilines is 2. The molecule has 0 atom stereocenters. The maximum absolute atomic E-state index is 11.9. The number of amides is 1. The third-order valence-electron chi connectivity index (χ3n) is 4.41. The van der Waals surface area contributed by atoms with E-state index in [1.807, 2.05) is 18.2 Å². The van der Waals surface area contributed by atoms with Crippen LogP contribution >= 0.6 is 0 Å². The van der Waals surface area contributed by atoms with Crippen LogP contribution in [-0.4, -0.2) is 12.5 Å². The molecule has 2 aliphatic rings. The molecule has 1 spiro atoms. The molecule has 1 fully saturated rings. The number of benzene rings is 1. The third kappa shape index (κ3) is 2.29. The number of carbonyl (C=O) groups excluding carboxylic acids is 1. The summed E-state index contributed by atoms with van der Waals surface area (Å²) in [5, 5.41) is 29.7. The quantitative estimate of drug-likeness (QED) is 0.844. The highest BCUT2D eigenvalue weighted by molar-refractivity contribution is 5.96. The number of fused-ring (bicyclic) bond motifs is 2. The van der Waals surface area contributed by atoms with Crippen LogP contribution in [0.2, 0.25) is 0 Å². The van der Waals surface area contributed by atoms with Crippen LogP contribution in [0.25, 0.3) is 0 Å². The molecule has 112 valence electrons. The molecule has 0 unspecified atom stereocenters. The van der Waals surface area contributed by atoms with E-state index >= 15 is 0 Å². The summed E-state index contributed by atoms with van der Waals surface area (Å²) < 4.78 is 0. The van der Waals surface area contributed by atoms with Crippen molar-refractivity contribution >= 4 is 17.3 Å². The first-order chi connectivity index (χ1) is 11.0. The van der Waals surface area contributed by atoms with Crippen molar-refractivity contribution in [3.63, 3.8) is 0 Å². The minimum atomic E-state index is -0.268. The van der Waals surface area contributed by atoms with Crippen molar-refractivity contribution in [1.29, 1.82) is 15.8 Å². The molecule has 1 aromatic rings. The summed E-state index contributed by atoms with van der Waals surface area (Å²) >= 11 is 0. The number of hydrogen-bond donors (Lipinski definition) is 1. The van der Waals surface area contributed by atoms with Crippen molar-refractivity contribution in [1.82, 2.24) is 0 Å². The van der Waals surface area contributed by atoms with E-state index in [2.05, 4.69) is 5.32 Å². The molecule has 3 rings (SSSR count). The lowest BCUT2D eigenvalue weighted by Gasteiger charge is -2.16. The van der Waals surface area contributed by atoms with Gasteiger partial charge in [0.1, 0.15) is 23.9 Å². The summed E-state index contributed by atoms with van der Waals surface area (Å²) in [5.41, 5.74) is 2.30. The van der Waals surface area contributed by atoms with E-state index in [-0.39, 0.29) is 22.6 Å². The van der Waals surface area contributed by atoms with Crippen LogP contribution < -0.4 is 10.2 Å². The molecule has 0 saturated heterocycles. The minimum absolute atomic E-state index is 0.0158. The molecule has 1 aliphatic heterocycles. The van der Waals surface area contributed by atoms with Crippen LogP contribution in [0.15, 0.2) is 29.5 Å². The van der Waals surface area contributed by atoms with E-state index in [0.29, 0.717) is 12.2 Å². The normalized spacial score (nSPS) is 15.8. The SMILES string of the molecule is CC(=O)N1CC2(CC2)c2ccc(NC(C#N)=C(C#N)C#N)cc21. The summed E-state index contributed by atoms with van der Waals surface area (Å²) in [4.78, 5) is 13.6. The third-order valence-corrected chi connectivity index (χ3v) is 4.41. The lowest BCUT2D eigenvalue weighted by atomic mass is 9.98. The molecule has 1 heterocycles. The number of hydrogen-bond acceptors (Lipinski definition) is 5. The molecule has 6 nitrogen and oxygen atoms in total. The fourth-order valence-electron chi connectivity index (χ4n) is 3.04. The Morgan fingerprint density at radius 3 is 2.43 bits per heavy atom. The standard InChI is InChI=1S/C17H13N5O/c1-11(23)22-10-17(4-5-17)14-3-2-13(6-16(14)22)21-15(9-20)12(7-18)8-19/h2-3,6,21H,4-5,10H2,1H3. The summed E-state index contributed by atoms with van der Waals surface area (Å²) in [6, 6.07) is 10.8. The van der Waals surface area contributed by atoms with Crippen molar-refractivity contribution in [3.8, 4) is 18.2 Å². The highest BCUT2D eigenvalue weighted by Gasteiger charge is 2.52. The van der Waals surface area contributed by atoms with Gasteiger partial charge in [-0.1, -0.05) is 6.07 Å². The van der Waals surface area contributed by atoms with Gasteiger partial charge in [-0.15, -0.1) is 0 Å². The molecule has 1 saturated carbocycles. The molecule has 0 bridgehead atoms. The van der Waals surface area contributed by atoms with Crippen LogP contribution in [0, 0.1) is 34.0 Å². The molecule has 23 heavy (non-hydrogen) atoms. The molecule has 1 amide bonds. The summed E-state index contributed by atoms with van der Waals surface area (Å²) in [7, 11) is 0. The molecule has 6 heteroatoms. The number of nitrogens with zero attached hydrogens (tertiary/aromatic N) is 4. The monoisotopic (exact) mass is 303 g/mol. The van der Waals surface area contributed by atoms with Crippen molar-refractivity contribution in [2.24, 2.45) is 0 Å². The maximum Gasteiger partial charge on any atom is 0.223 e. The van der Waals surface area contributed by atoms with Gasteiger partial charge in [-0.05, 0) is 30.5 Å². The van der Waals surface area contributed by atoms with Crippen molar-refractivity contribution < 1.29 is 4.79 Å². The fraction of sp³-hybridized carbons (Fsp3) is 0.294. The Kier molecular flexibility index (Phi) is 3.28. The fourth-order valence-corrected chi connectivity index (χ4v) is 3.04. The smallest absolute Gasteiger partial charge is 0.223 e. The van der Waals surface area contributed by atoms with Gasteiger partial charge >= 0.3 is 0 Å². The highest BCUT2D eigenvalue weighted by atomic mass is 16.2. The first-order valence-electron chi connectivity index (χ1n) is 7.19. The molecular formula is C17H13N5O. The highest BCUT2D eigenvalue weighted by Crippen LogP contribution is 2.56. The van der Waals surface area contributed by atoms with Crippen LogP contribution in [-0.2, 0) is 10.2 Å². The van der Waals surface area contributed by atoms with Gasteiger partial charge in [0, 0.05) is 30.3 Å². The van der Waals surface area contributed by atoms with Crippen LogP contribution in [0.1, 0.15) is 25.3 Å². The Bertz CT molecular complexity index is 842. The molecule has 1 N–H and O–H groups in total. The Balaban J connectivity index is 2.00. The first kappa shape index (κ1) is 14.6. The molecule has 1 aliphatic carbocycles. The lowest BCUT2D eigenvalue weighted by Crippen LogP contribution is -2.28. The predicted octanol–water partition coefficient (Wildman–Crippen LogP) is 2.32. The van der Waals surface area contributed by atoms with Gasteiger partial charge in [0.15, 0.2) is 5.57 Å². The number of allylic oxidation sites excluding steroid dienone is 2. The van der Waals surface area contributed by atoms with Crippen molar-refractivity contribution in [2.75, 3.05) is 16.8 Å². The minimum Gasteiger partial charge on any atom is -0.345 e. The van der Waals surface area contributed by atoms with Crippen LogP contribution in [0.3, 0.4) is 0 Å². The average molecular weight is 303 g/mol. The second kappa shape index (κ2) is 5.16. The number of nitrogens with one attached hydrogen (secondary N) is 1. The van der Waals surface area contributed by atoms with Crippen molar-refractivity contribution in [3.05, 3.63) is 35.0 Å².